The molecular weight excluding hydrogens is 144 g/mol. The van der Waals surface area contributed by atoms with E-state index in [2.05, 4.69) is 5.32 Å². The molecule has 0 aromatic heterocycles. The predicted octanol–water partition coefficient (Wildman–Crippen LogP) is -1.18. The molecule has 0 atom stereocenters. The third-order valence-corrected chi connectivity index (χ3v) is 2.56. The van der Waals surface area contributed by atoms with E-state index in [4.69, 9.17) is 4.74 Å². The van der Waals surface area contributed by atoms with Crippen molar-refractivity contribution in [1.29, 1.82) is 0 Å². The average molecular weight is 156 g/mol. The van der Waals surface area contributed by atoms with E-state index in [0.717, 1.165) is 6.54 Å². The third kappa shape index (κ3) is 0.862. The summed E-state index contributed by atoms with van der Waals surface area (Å²) in [6.45, 7) is 2.71. The fourth-order valence-electron chi connectivity index (χ4n) is 1.54. The minimum absolute atomic E-state index is 0.0185. The van der Waals surface area contributed by atoms with Gasteiger partial charge in [0.2, 0.25) is 5.91 Å². The van der Waals surface area contributed by atoms with Crippen LogP contribution in [0.5, 0.6) is 0 Å². The Bertz CT molecular complexity index is 189. The summed E-state index contributed by atoms with van der Waals surface area (Å²) in [6.07, 6.45) is 0. The van der Waals surface area contributed by atoms with E-state index < -0.39 is 0 Å². The number of rotatable bonds is 0. The van der Waals surface area contributed by atoms with Gasteiger partial charge in [0.25, 0.3) is 0 Å². The van der Waals surface area contributed by atoms with Gasteiger partial charge in [-0.05, 0) is 0 Å². The second-order valence-electron chi connectivity index (χ2n) is 3.27. The highest BCUT2D eigenvalue weighted by Crippen LogP contribution is 2.24. The summed E-state index contributed by atoms with van der Waals surface area (Å²) in [5, 5.41) is 3.09. The molecule has 62 valence electrons. The smallest absolute Gasteiger partial charge is 0.236 e. The molecular formula is C7H12N2O2. The van der Waals surface area contributed by atoms with Crippen LogP contribution in [0.4, 0.5) is 0 Å². The van der Waals surface area contributed by atoms with Crippen molar-refractivity contribution >= 4 is 5.91 Å². The molecule has 1 amide bonds. The second kappa shape index (κ2) is 2.19. The number of amides is 1. The molecule has 4 heteroatoms. The van der Waals surface area contributed by atoms with Gasteiger partial charge in [-0.1, -0.05) is 0 Å². The first-order chi connectivity index (χ1) is 5.25. The lowest BCUT2D eigenvalue weighted by atomic mass is 9.93. The van der Waals surface area contributed by atoms with E-state index in [1.54, 1.807) is 0 Å². The fraction of sp³-hybridized carbons (Fsp3) is 0.857. The SMILES string of the molecule is CN1C(=O)CNCC12COC2. The van der Waals surface area contributed by atoms with E-state index in [9.17, 15) is 4.79 Å². The second-order valence-corrected chi connectivity index (χ2v) is 3.27. The van der Waals surface area contributed by atoms with Crippen LogP contribution in [-0.4, -0.2) is 49.7 Å². The van der Waals surface area contributed by atoms with E-state index in [1.807, 2.05) is 11.9 Å². The molecule has 1 N–H and O–H groups in total. The topological polar surface area (TPSA) is 41.6 Å². The number of nitrogens with zero attached hydrogens (tertiary/aromatic N) is 1. The Hall–Kier alpha value is -0.610. The molecule has 11 heavy (non-hydrogen) atoms. The summed E-state index contributed by atoms with van der Waals surface area (Å²) in [5.41, 5.74) is -0.0185. The lowest BCUT2D eigenvalue weighted by Gasteiger charge is -2.50. The molecule has 0 saturated carbocycles. The zero-order chi connectivity index (χ0) is 7.90. The largest absolute Gasteiger partial charge is 0.376 e. The number of nitrogens with one attached hydrogen (secondary N) is 1. The number of hydrogen-bond donors (Lipinski definition) is 1. The normalized spacial score (nSPS) is 28.8. The molecule has 4 nitrogen and oxygen atoms in total. The Balaban J connectivity index is 2.13. The maximum atomic E-state index is 11.2. The fourth-order valence-corrected chi connectivity index (χ4v) is 1.54. The molecule has 0 aromatic carbocycles. The number of carbonyl (C=O) groups is 1. The number of carbonyl (C=O) groups excluding carboxylic acids is 1. The molecule has 1 spiro atoms. The molecule has 2 fully saturated rings. The molecule has 2 aliphatic rings. The van der Waals surface area contributed by atoms with Gasteiger partial charge >= 0.3 is 0 Å². The van der Waals surface area contributed by atoms with Crippen LogP contribution in [0.2, 0.25) is 0 Å². The van der Waals surface area contributed by atoms with Crippen LogP contribution in [0, 0.1) is 0 Å². The van der Waals surface area contributed by atoms with Gasteiger partial charge in [-0.3, -0.25) is 4.79 Å². The van der Waals surface area contributed by atoms with Crippen molar-refractivity contribution in [3.05, 3.63) is 0 Å². The van der Waals surface area contributed by atoms with Crippen molar-refractivity contribution in [2.24, 2.45) is 0 Å². The third-order valence-electron chi connectivity index (χ3n) is 2.56. The minimum Gasteiger partial charge on any atom is -0.376 e. The maximum absolute atomic E-state index is 11.2. The summed E-state index contributed by atoms with van der Waals surface area (Å²) in [5.74, 6) is 0.166. The number of hydrogen-bond acceptors (Lipinski definition) is 3. The average Bonchev–Trinajstić information content (AvgIpc) is 1.91. The highest BCUT2D eigenvalue weighted by atomic mass is 16.5. The Morgan fingerprint density at radius 2 is 2.36 bits per heavy atom. The van der Waals surface area contributed by atoms with Crippen LogP contribution < -0.4 is 5.32 Å². The summed E-state index contributed by atoms with van der Waals surface area (Å²) < 4.78 is 5.10. The lowest BCUT2D eigenvalue weighted by molar-refractivity contribution is -0.168. The molecule has 0 bridgehead atoms. The first kappa shape index (κ1) is 7.06. The monoisotopic (exact) mass is 156 g/mol. The van der Waals surface area contributed by atoms with Gasteiger partial charge < -0.3 is 15.0 Å². The standard InChI is InChI=1S/C7H12N2O2/c1-9-6(10)2-8-3-7(9)4-11-5-7/h8H,2-5H2,1H3. The van der Waals surface area contributed by atoms with Gasteiger partial charge in [0.15, 0.2) is 0 Å². The van der Waals surface area contributed by atoms with Crippen LogP contribution in [0.15, 0.2) is 0 Å². The molecule has 0 unspecified atom stereocenters. The van der Waals surface area contributed by atoms with Crippen molar-refractivity contribution < 1.29 is 9.53 Å². The number of likely N-dealkylation sites (N-methyl/N-ethyl adjacent to an activating group) is 1. The predicted molar refractivity (Wildman–Crippen MR) is 39.2 cm³/mol. The number of piperazine rings is 1. The minimum atomic E-state index is -0.0185. The van der Waals surface area contributed by atoms with Crippen LogP contribution >= 0.6 is 0 Å². The summed E-state index contributed by atoms with van der Waals surface area (Å²) in [4.78, 5) is 13.0. The highest BCUT2D eigenvalue weighted by Gasteiger charge is 2.46. The molecule has 2 rings (SSSR count). The van der Waals surface area contributed by atoms with Gasteiger partial charge in [-0.15, -0.1) is 0 Å². The Kier molecular flexibility index (Phi) is 1.40. The lowest BCUT2D eigenvalue weighted by Crippen LogP contribution is -2.71. The van der Waals surface area contributed by atoms with Gasteiger partial charge in [0.05, 0.1) is 19.8 Å². The molecule has 0 aliphatic carbocycles. The van der Waals surface area contributed by atoms with Gasteiger partial charge in [0, 0.05) is 13.6 Å². The molecule has 2 heterocycles. The Morgan fingerprint density at radius 1 is 1.64 bits per heavy atom. The molecule has 0 radical (unpaired) electrons. The van der Waals surface area contributed by atoms with E-state index in [1.165, 1.54) is 0 Å². The summed E-state index contributed by atoms with van der Waals surface area (Å²) in [6, 6.07) is 0. The van der Waals surface area contributed by atoms with Crippen LogP contribution in [0.3, 0.4) is 0 Å². The number of ether oxygens (including phenoxy) is 1. The van der Waals surface area contributed by atoms with Crippen LogP contribution in [0.25, 0.3) is 0 Å². The quantitative estimate of drug-likeness (QED) is 0.480. The van der Waals surface area contributed by atoms with Gasteiger partial charge in [-0.2, -0.15) is 0 Å². The van der Waals surface area contributed by atoms with Gasteiger partial charge in [-0.25, -0.2) is 0 Å². The zero-order valence-corrected chi connectivity index (χ0v) is 6.59. The van der Waals surface area contributed by atoms with E-state index >= 15 is 0 Å². The van der Waals surface area contributed by atoms with Crippen molar-refractivity contribution in [2.75, 3.05) is 33.4 Å². The van der Waals surface area contributed by atoms with Crippen molar-refractivity contribution in [2.45, 2.75) is 5.54 Å². The van der Waals surface area contributed by atoms with E-state index in [-0.39, 0.29) is 11.4 Å². The summed E-state index contributed by atoms with van der Waals surface area (Å²) >= 11 is 0. The summed E-state index contributed by atoms with van der Waals surface area (Å²) in [7, 11) is 1.85. The molecule has 2 saturated heterocycles. The van der Waals surface area contributed by atoms with Crippen molar-refractivity contribution in [3.63, 3.8) is 0 Å². The van der Waals surface area contributed by atoms with Crippen LogP contribution in [-0.2, 0) is 9.53 Å². The first-order valence-corrected chi connectivity index (χ1v) is 3.80. The zero-order valence-electron chi connectivity index (χ0n) is 6.59. The maximum Gasteiger partial charge on any atom is 0.236 e. The van der Waals surface area contributed by atoms with Crippen molar-refractivity contribution in [1.82, 2.24) is 10.2 Å². The Morgan fingerprint density at radius 3 is 2.82 bits per heavy atom. The first-order valence-electron chi connectivity index (χ1n) is 3.80. The van der Waals surface area contributed by atoms with Crippen LogP contribution in [0.1, 0.15) is 0 Å². The molecule has 0 aromatic rings. The van der Waals surface area contributed by atoms with Gasteiger partial charge in [0.1, 0.15) is 5.54 Å². The Labute approximate surface area is 65.5 Å². The van der Waals surface area contributed by atoms with Crippen molar-refractivity contribution in [3.8, 4) is 0 Å². The van der Waals surface area contributed by atoms with E-state index in [0.29, 0.717) is 19.8 Å². The molecule has 2 aliphatic heterocycles. The highest BCUT2D eigenvalue weighted by molar-refractivity contribution is 5.80.